The summed E-state index contributed by atoms with van der Waals surface area (Å²) < 4.78 is 0. The second-order valence-corrected chi connectivity index (χ2v) is 3.95. The minimum absolute atomic E-state index is 0.745. The maximum absolute atomic E-state index is 2.46. The molecule has 0 radical (unpaired) electrons. The van der Waals surface area contributed by atoms with Crippen LogP contribution < -0.4 is 0 Å². The van der Waals surface area contributed by atoms with Gasteiger partial charge in [0.2, 0.25) is 0 Å². The number of benzene rings is 1. The van der Waals surface area contributed by atoms with E-state index in [4.69, 9.17) is 0 Å². The van der Waals surface area contributed by atoms with E-state index in [1.807, 2.05) is 13.8 Å². The molecule has 1 heteroatoms. The van der Waals surface area contributed by atoms with E-state index < -0.39 is 0 Å². The Hall–Kier alpha value is -0.820. The van der Waals surface area contributed by atoms with Crippen molar-refractivity contribution >= 4 is 0 Å². The standard InChI is InChI=1S/C12H17N.C2H6/c1-3-12-8-10-6-4-5-7-11(10)9-13(12)2;1-2/h4-7,12H,3,8-9H2,1-2H3;1-2H3. The molecule has 1 nitrogen and oxygen atoms in total. The van der Waals surface area contributed by atoms with Gasteiger partial charge in [-0.25, -0.2) is 0 Å². The average Bonchev–Trinajstić information content (AvgIpc) is 2.31. The summed E-state index contributed by atoms with van der Waals surface area (Å²) in [6.07, 6.45) is 2.48. The van der Waals surface area contributed by atoms with Gasteiger partial charge in [-0.2, -0.15) is 0 Å². The average molecular weight is 205 g/mol. The van der Waals surface area contributed by atoms with Crippen LogP contribution in [0.25, 0.3) is 0 Å². The van der Waals surface area contributed by atoms with Crippen molar-refractivity contribution in [1.82, 2.24) is 4.90 Å². The lowest BCUT2D eigenvalue weighted by molar-refractivity contribution is 0.210. The third-order valence-electron chi connectivity index (χ3n) is 3.09. The second kappa shape index (κ2) is 5.92. The number of fused-ring (bicyclic) bond motifs is 1. The summed E-state index contributed by atoms with van der Waals surface area (Å²) in [6, 6.07) is 9.55. The van der Waals surface area contributed by atoms with Crippen LogP contribution >= 0.6 is 0 Å². The zero-order valence-corrected chi connectivity index (χ0v) is 10.5. The van der Waals surface area contributed by atoms with E-state index in [9.17, 15) is 0 Å². The summed E-state index contributed by atoms with van der Waals surface area (Å²) in [7, 11) is 2.23. The lowest BCUT2D eigenvalue weighted by Crippen LogP contribution is -2.36. The summed E-state index contributed by atoms with van der Waals surface area (Å²) in [5.41, 5.74) is 3.06. The van der Waals surface area contributed by atoms with E-state index in [-0.39, 0.29) is 0 Å². The molecular formula is C14H23N. The van der Waals surface area contributed by atoms with Gasteiger partial charge in [-0.15, -0.1) is 0 Å². The molecule has 1 aliphatic heterocycles. The van der Waals surface area contributed by atoms with E-state index >= 15 is 0 Å². The predicted molar refractivity (Wildman–Crippen MR) is 67.0 cm³/mol. The highest BCUT2D eigenvalue weighted by Gasteiger charge is 2.20. The van der Waals surface area contributed by atoms with Gasteiger partial charge < -0.3 is 0 Å². The smallest absolute Gasteiger partial charge is 0.0236 e. The zero-order chi connectivity index (χ0) is 11.3. The molecule has 0 fully saturated rings. The summed E-state index contributed by atoms with van der Waals surface area (Å²) in [6.45, 7) is 7.39. The first kappa shape index (κ1) is 12.3. The van der Waals surface area contributed by atoms with Crippen LogP contribution in [0.5, 0.6) is 0 Å². The fourth-order valence-electron chi connectivity index (χ4n) is 2.17. The minimum Gasteiger partial charge on any atom is -0.299 e. The van der Waals surface area contributed by atoms with E-state index in [0.717, 1.165) is 12.6 Å². The molecule has 2 rings (SSSR count). The van der Waals surface area contributed by atoms with Crippen LogP contribution in [-0.2, 0) is 13.0 Å². The van der Waals surface area contributed by atoms with Crippen LogP contribution in [0.2, 0.25) is 0 Å². The Morgan fingerprint density at radius 3 is 2.40 bits per heavy atom. The number of hydrogen-bond donors (Lipinski definition) is 0. The monoisotopic (exact) mass is 205 g/mol. The maximum Gasteiger partial charge on any atom is 0.0236 e. The van der Waals surface area contributed by atoms with Gasteiger partial charge in [0.15, 0.2) is 0 Å². The summed E-state index contributed by atoms with van der Waals surface area (Å²) in [4.78, 5) is 2.46. The lowest BCUT2D eigenvalue weighted by Gasteiger charge is -2.33. The van der Waals surface area contributed by atoms with Gasteiger partial charge in [-0.3, -0.25) is 4.90 Å². The van der Waals surface area contributed by atoms with Gasteiger partial charge in [0.25, 0.3) is 0 Å². The fraction of sp³-hybridized carbons (Fsp3) is 0.571. The van der Waals surface area contributed by atoms with Crippen LogP contribution in [0.3, 0.4) is 0 Å². The third-order valence-corrected chi connectivity index (χ3v) is 3.09. The maximum atomic E-state index is 2.46. The van der Waals surface area contributed by atoms with E-state index in [0.29, 0.717) is 0 Å². The molecule has 84 valence electrons. The Bertz CT molecular complexity index is 293. The molecule has 0 aromatic heterocycles. The SMILES string of the molecule is CC.CCC1Cc2ccccc2CN1C. The van der Waals surface area contributed by atoms with Crippen molar-refractivity contribution in [3.63, 3.8) is 0 Å². The van der Waals surface area contributed by atoms with Crippen molar-refractivity contribution in [2.24, 2.45) is 0 Å². The Kier molecular flexibility index (Phi) is 4.83. The molecule has 0 saturated heterocycles. The van der Waals surface area contributed by atoms with Crippen LogP contribution in [-0.4, -0.2) is 18.0 Å². The van der Waals surface area contributed by atoms with Crippen LogP contribution in [0.4, 0.5) is 0 Å². The second-order valence-electron chi connectivity index (χ2n) is 3.95. The number of nitrogens with zero attached hydrogens (tertiary/aromatic N) is 1. The Morgan fingerprint density at radius 2 is 1.80 bits per heavy atom. The molecule has 15 heavy (non-hydrogen) atoms. The Morgan fingerprint density at radius 1 is 1.20 bits per heavy atom. The van der Waals surface area contributed by atoms with Crippen molar-refractivity contribution in [3.8, 4) is 0 Å². The zero-order valence-electron chi connectivity index (χ0n) is 10.5. The topological polar surface area (TPSA) is 3.24 Å². The van der Waals surface area contributed by atoms with Gasteiger partial charge in [-0.1, -0.05) is 45.0 Å². The van der Waals surface area contributed by atoms with Crippen LogP contribution in [0, 0.1) is 0 Å². The first-order valence-corrected chi connectivity index (χ1v) is 6.08. The number of hydrogen-bond acceptors (Lipinski definition) is 1. The first-order chi connectivity index (χ1) is 7.31. The normalized spacial score (nSPS) is 20.1. The molecule has 1 heterocycles. The molecule has 1 atom stereocenters. The Labute approximate surface area is 94.1 Å². The first-order valence-electron chi connectivity index (χ1n) is 6.08. The van der Waals surface area contributed by atoms with Crippen molar-refractivity contribution < 1.29 is 0 Å². The molecule has 0 N–H and O–H groups in total. The van der Waals surface area contributed by atoms with Crippen LogP contribution in [0.15, 0.2) is 24.3 Å². The molecule has 1 aliphatic rings. The van der Waals surface area contributed by atoms with Crippen molar-refractivity contribution in [1.29, 1.82) is 0 Å². The molecule has 1 aromatic carbocycles. The highest BCUT2D eigenvalue weighted by Crippen LogP contribution is 2.22. The van der Waals surface area contributed by atoms with Gasteiger partial charge in [0, 0.05) is 12.6 Å². The molecule has 0 bridgehead atoms. The minimum atomic E-state index is 0.745. The molecule has 0 aliphatic carbocycles. The van der Waals surface area contributed by atoms with E-state index in [2.05, 4.69) is 43.1 Å². The van der Waals surface area contributed by atoms with Gasteiger partial charge in [0.05, 0.1) is 0 Å². The summed E-state index contributed by atoms with van der Waals surface area (Å²) in [5.74, 6) is 0. The summed E-state index contributed by atoms with van der Waals surface area (Å²) in [5, 5.41) is 0. The van der Waals surface area contributed by atoms with Gasteiger partial charge in [0.1, 0.15) is 0 Å². The molecule has 1 unspecified atom stereocenters. The van der Waals surface area contributed by atoms with Gasteiger partial charge >= 0.3 is 0 Å². The van der Waals surface area contributed by atoms with Crippen LogP contribution in [0.1, 0.15) is 38.3 Å². The highest BCUT2D eigenvalue weighted by molar-refractivity contribution is 5.29. The largest absolute Gasteiger partial charge is 0.299 e. The summed E-state index contributed by atoms with van der Waals surface area (Å²) >= 11 is 0. The van der Waals surface area contributed by atoms with Crippen molar-refractivity contribution in [2.45, 2.75) is 46.2 Å². The predicted octanol–water partition coefficient (Wildman–Crippen LogP) is 3.48. The molecular weight excluding hydrogens is 182 g/mol. The van der Waals surface area contributed by atoms with Gasteiger partial charge in [-0.05, 0) is 31.0 Å². The van der Waals surface area contributed by atoms with E-state index in [1.165, 1.54) is 18.4 Å². The van der Waals surface area contributed by atoms with Crippen molar-refractivity contribution in [2.75, 3.05) is 7.05 Å². The number of rotatable bonds is 1. The lowest BCUT2D eigenvalue weighted by atomic mass is 9.93. The van der Waals surface area contributed by atoms with Crippen molar-refractivity contribution in [3.05, 3.63) is 35.4 Å². The number of likely N-dealkylation sites (N-methyl/N-ethyl adjacent to an activating group) is 1. The molecule has 1 aromatic rings. The highest BCUT2D eigenvalue weighted by atomic mass is 15.1. The molecule has 0 spiro atoms. The molecule has 0 saturated carbocycles. The third kappa shape index (κ3) is 2.82. The fourth-order valence-corrected chi connectivity index (χ4v) is 2.17. The Balaban J connectivity index is 0.000000531. The molecule has 0 amide bonds. The quantitative estimate of drug-likeness (QED) is 0.678. The van der Waals surface area contributed by atoms with E-state index in [1.54, 1.807) is 5.56 Å².